The molecule has 1 aromatic heterocycles. The van der Waals surface area contributed by atoms with Crippen LogP contribution in [0.5, 0.6) is 0 Å². The number of aliphatic carboxylic acids is 1. The molecule has 1 saturated carbocycles. The highest BCUT2D eigenvalue weighted by Crippen LogP contribution is 2.39. The number of carboxylic acid groups (broad SMARTS) is 1. The highest BCUT2D eigenvalue weighted by molar-refractivity contribution is 8.00. The third-order valence-corrected chi connectivity index (χ3v) is 9.17. The molecule has 0 saturated heterocycles. The molecule has 4 aromatic rings. The molecule has 1 heterocycles. The second kappa shape index (κ2) is 14.3. The van der Waals surface area contributed by atoms with E-state index in [0.29, 0.717) is 23.7 Å². The van der Waals surface area contributed by atoms with Crippen LogP contribution >= 0.6 is 23.1 Å². The first-order chi connectivity index (χ1) is 21.1. The monoisotopic (exact) mass is 639 g/mol. The highest BCUT2D eigenvalue weighted by atomic mass is 32.2. The van der Waals surface area contributed by atoms with E-state index < -0.39 is 11.5 Å². The molecule has 0 aliphatic heterocycles. The number of nitrogens with one attached hydrogen (secondary N) is 1. The number of halogens is 3. The summed E-state index contributed by atoms with van der Waals surface area (Å²) in [7, 11) is 0. The first kappa shape index (κ1) is 31.6. The van der Waals surface area contributed by atoms with E-state index in [2.05, 4.69) is 34.5 Å². The molecular weight excluding hydrogens is 608 g/mol. The Hall–Kier alpha value is -3.83. The van der Waals surface area contributed by atoms with E-state index in [9.17, 15) is 22.8 Å². The average molecular weight is 640 g/mol. The van der Waals surface area contributed by atoms with Crippen molar-refractivity contribution < 1.29 is 27.9 Å². The maximum absolute atomic E-state index is 12.8. The molecule has 6 nitrogen and oxygen atoms in total. The van der Waals surface area contributed by atoms with Gasteiger partial charge in [0.1, 0.15) is 0 Å². The summed E-state index contributed by atoms with van der Waals surface area (Å²) >= 11 is 1.31. The number of carbonyl (C=O) groups is 2. The summed E-state index contributed by atoms with van der Waals surface area (Å²) < 4.78 is 38.3. The minimum absolute atomic E-state index is 0.0524. The molecule has 44 heavy (non-hydrogen) atoms. The number of rotatable bonds is 11. The van der Waals surface area contributed by atoms with Gasteiger partial charge in [0.15, 0.2) is 5.13 Å². The minimum atomic E-state index is -4.34. The number of hydrogen-bond donors (Lipinski definition) is 2. The molecule has 2 N–H and O–H groups in total. The molecule has 5 rings (SSSR count). The summed E-state index contributed by atoms with van der Waals surface area (Å²) in [5.41, 5.74) is 0.724. The Labute approximate surface area is 262 Å². The first-order valence-electron chi connectivity index (χ1n) is 14.4. The molecule has 11 heteroatoms. The van der Waals surface area contributed by atoms with Crippen molar-refractivity contribution in [3.05, 3.63) is 94.9 Å². The topological polar surface area (TPSA) is 82.5 Å². The van der Waals surface area contributed by atoms with Crippen molar-refractivity contribution in [1.82, 2.24) is 10.3 Å². The second-order valence-electron chi connectivity index (χ2n) is 10.7. The number of hydrogen-bond acceptors (Lipinski definition) is 6. The lowest BCUT2D eigenvalue weighted by atomic mass is 9.84. The van der Waals surface area contributed by atoms with Crippen LogP contribution in [0, 0.1) is 0 Å². The normalized spacial score (nSPS) is 13.9. The molecule has 0 atom stereocenters. The van der Waals surface area contributed by atoms with Gasteiger partial charge in [-0.25, -0.2) is 4.98 Å². The fourth-order valence-electron chi connectivity index (χ4n) is 5.31. The van der Waals surface area contributed by atoms with Gasteiger partial charge in [-0.2, -0.15) is 13.2 Å². The van der Waals surface area contributed by atoms with Crippen molar-refractivity contribution in [3.63, 3.8) is 0 Å². The lowest BCUT2D eigenvalue weighted by Gasteiger charge is -2.25. The Bertz CT molecular complexity index is 1550. The Kier molecular flexibility index (Phi) is 10.3. The van der Waals surface area contributed by atoms with Crippen LogP contribution in [0.1, 0.15) is 65.9 Å². The fourth-order valence-corrected chi connectivity index (χ4v) is 6.70. The number of benzene rings is 3. The molecule has 1 fully saturated rings. The van der Waals surface area contributed by atoms with E-state index >= 15 is 0 Å². The molecule has 1 amide bonds. The molecule has 1 aliphatic carbocycles. The Morgan fingerprint density at radius 1 is 0.955 bits per heavy atom. The van der Waals surface area contributed by atoms with Crippen LogP contribution in [0.4, 0.5) is 24.0 Å². The van der Waals surface area contributed by atoms with Crippen LogP contribution in [-0.4, -0.2) is 34.0 Å². The summed E-state index contributed by atoms with van der Waals surface area (Å²) in [5.74, 6) is -0.738. The maximum Gasteiger partial charge on any atom is 0.446 e. The molecule has 230 valence electrons. The van der Waals surface area contributed by atoms with E-state index in [1.54, 1.807) is 24.3 Å². The lowest BCUT2D eigenvalue weighted by molar-refractivity contribution is -0.136. The molecule has 3 aromatic carbocycles. The van der Waals surface area contributed by atoms with Gasteiger partial charge in [-0.1, -0.05) is 55.7 Å². The maximum atomic E-state index is 12.8. The van der Waals surface area contributed by atoms with Gasteiger partial charge in [0.05, 0.1) is 18.7 Å². The highest BCUT2D eigenvalue weighted by Gasteiger charge is 2.29. The zero-order valence-electron chi connectivity index (χ0n) is 23.8. The van der Waals surface area contributed by atoms with Crippen LogP contribution < -0.4 is 10.2 Å². The van der Waals surface area contributed by atoms with E-state index in [0.717, 1.165) is 21.9 Å². The van der Waals surface area contributed by atoms with E-state index in [-0.39, 0.29) is 35.5 Å². The number of thioether (sulfide) groups is 1. The quantitative estimate of drug-likeness (QED) is 0.159. The Morgan fingerprint density at radius 3 is 2.27 bits per heavy atom. The van der Waals surface area contributed by atoms with Gasteiger partial charge in [0, 0.05) is 33.6 Å². The fraction of sp³-hybridized carbons (Fsp3) is 0.303. The van der Waals surface area contributed by atoms with Crippen molar-refractivity contribution in [2.45, 2.75) is 61.4 Å². The molecular formula is C33H32F3N3O3S2. The van der Waals surface area contributed by atoms with Gasteiger partial charge < -0.3 is 15.3 Å². The zero-order chi connectivity index (χ0) is 31.1. The van der Waals surface area contributed by atoms with Gasteiger partial charge in [0.25, 0.3) is 5.91 Å². The summed E-state index contributed by atoms with van der Waals surface area (Å²) in [4.78, 5) is 30.2. The predicted molar refractivity (Wildman–Crippen MR) is 169 cm³/mol. The summed E-state index contributed by atoms with van der Waals surface area (Å²) in [6.45, 7) is 0.522. The Balaban J connectivity index is 1.37. The third kappa shape index (κ3) is 8.63. The van der Waals surface area contributed by atoms with Gasteiger partial charge in [-0.3, -0.25) is 9.59 Å². The number of carbonyl (C=O) groups excluding carboxylic acids is 1. The zero-order valence-corrected chi connectivity index (χ0v) is 25.5. The molecule has 0 unspecified atom stereocenters. The molecule has 0 radical (unpaired) electrons. The van der Waals surface area contributed by atoms with Crippen molar-refractivity contribution in [2.24, 2.45) is 0 Å². The van der Waals surface area contributed by atoms with Crippen molar-refractivity contribution in [3.8, 4) is 11.3 Å². The number of thiazole rings is 1. The predicted octanol–water partition coefficient (Wildman–Crippen LogP) is 9.01. The van der Waals surface area contributed by atoms with Gasteiger partial charge in [-0.05, 0) is 78.0 Å². The third-order valence-electron chi connectivity index (χ3n) is 7.57. The summed E-state index contributed by atoms with van der Waals surface area (Å²) in [6, 6.07) is 21.9. The minimum Gasteiger partial charge on any atom is -0.481 e. The van der Waals surface area contributed by atoms with Crippen molar-refractivity contribution in [1.29, 1.82) is 0 Å². The molecule has 0 spiro atoms. The van der Waals surface area contributed by atoms with Crippen molar-refractivity contribution in [2.75, 3.05) is 11.4 Å². The Morgan fingerprint density at radius 2 is 1.64 bits per heavy atom. The van der Waals surface area contributed by atoms with E-state index in [4.69, 9.17) is 10.1 Å². The number of alkyl halides is 3. The summed E-state index contributed by atoms with van der Waals surface area (Å²) in [6.07, 6.45) is 6.06. The van der Waals surface area contributed by atoms with Crippen LogP contribution in [-0.2, 0) is 11.3 Å². The van der Waals surface area contributed by atoms with Crippen LogP contribution in [0.3, 0.4) is 0 Å². The molecule has 1 aliphatic rings. The number of amides is 1. The van der Waals surface area contributed by atoms with Crippen LogP contribution in [0.2, 0.25) is 0 Å². The average Bonchev–Trinajstić information content (AvgIpc) is 3.50. The van der Waals surface area contributed by atoms with Crippen LogP contribution in [0.15, 0.2) is 83.1 Å². The SMILES string of the molecule is O=C(O)CCNC(=O)c1ccc(CN(c2ccc(C3CCCCC3)cc2)c2nc(-c3ccc(SC(F)(F)F)cc3)cs2)cc1. The lowest BCUT2D eigenvalue weighted by Crippen LogP contribution is -2.26. The second-order valence-corrected chi connectivity index (χ2v) is 12.7. The van der Waals surface area contributed by atoms with Crippen LogP contribution in [0.25, 0.3) is 11.3 Å². The standard InChI is InChI=1S/C33H32F3N3O3S2/c34-33(35,36)44-28-16-12-25(13-17-28)29-21-43-32(38-29)39(27-14-10-24(11-15-27)23-4-2-1-3-5-23)20-22-6-8-26(9-7-22)31(42)37-19-18-30(40)41/h6-17,21,23H,1-5,18-20H2,(H,37,42)(H,40,41). The number of anilines is 2. The molecule has 0 bridgehead atoms. The largest absolute Gasteiger partial charge is 0.481 e. The number of nitrogens with zero attached hydrogens (tertiary/aromatic N) is 2. The summed E-state index contributed by atoms with van der Waals surface area (Å²) in [5, 5.41) is 14.0. The van der Waals surface area contributed by atoms with Crippen molar-refractivity contribution >= 4 is 45.8 Å². The van der Waals surface area contributed by atoms with Gasteiger partial charge >= 0.3 is 11.5 Å². The number of carboxylic acids is 1. The van der Waals surface area contributed by atoms with Gasteiger partial charge in [-0.15, -0.1) is 11.3 Å². The first-order valence-corrected chi connectivity index (χ1v) is 16.1. The van der Waals surface area contributed by atoms with E-state index in [1.807, 2.05) is 17.5 Å². The van der Waals surface area contributed by atoms with E-state index in [1.165, 1.54) is 61.1 Å². The smallest absolute Gasteiger partial charge is 0.446 e. The number of aromatic nitrogens is 1. The van der Waals surface area contributed by atoms with Gasteiger partial charge in [0.2, 0.25) is 0 Å².